The van der Waals surface area contributed by atoms with Gasteiger partial charge in [0.2, 0.25) is 0 Å². The van der Waals surface area contributed by atoms with Crippen LogP contribution in [0.3, 0.4) is 0 Å². The van der Waals surface area contributed by atoms with Gasteiger partial charge in [0.15, 0.2) is 12.7 Å². The normalized spacial score (nSPS) is 11.7. The summed E-state index contributed by atoms with van der Waals surface area (Å²) in [6.45, 7) is -3.12. The van der Waals surface area contributed by atoms with Gasteiger partial charge in [-0.2, -0.15) is 8.78 Å². The molecule has 2 rings (SSSR count). The third-order valence-corrected chi connectivity index (χ3v) is 3.57. The third kappa shape index (κ3) is 7.02. The Kier molecular flexibility index (Phi) is 7.69. The van der Waals surface area contributed by atoms with Crippen LogP contribution in [0, 0.1) is 0 Å². The molecule has 1 amide bonds. The molecule has 0 aromatic heterocycles. The monoisotopic (exact) mass is 379 g/mol. The maximum absolute atomic E-state index is 12.1. The number of amides is 1. The highest BCUT2D eigenvalue weighted by Gasteiger charge is 2.19. The van der Waals surface area contributed by atoms with Gasteiger partial charge in [0.25, 0.3) is 5.91 Å². The molecule has 0 fully saturated rings. The second-order valence-corrected chi connectivity index (χ2v) is 5.54. The zero-order valence-corrected chi connectivity index (χ0v) is 14.3. The summed E-state index contributed by atoms with van der Waals surface area (Å²) in [5.41, 5.74) is 1.19. The van der Waals surface area contributed by atoms with Crippen LogP contribution in [0.4, 0.5) is 8.78 Å². The number of aliphatic hydroxyl groups is 1. The first-order chi connectivity index (χ1) is 13.0. The van der Waals surface area contributed by atoms with Gasteiger partial charge in [0, 0.05) is 6.54 Å². The Hall–Kier alpha value is -3.00. The summed E-state index contributed by atoms with van der Waals surface area (Å²) < 4.78 is 33.2. The van der Waals surface area contributed by atoms with Crippen molar-refractivity contribution in [2.24, 2.45) is 0 Å². The van der Waals surface area contributed by atoms with Crippen LogP contribution >= 0.6 is 0 Å². The molecule has 27 heavy (non-hydrogen) atoms. The minimum atomic E-state index is -2.88. The fraction of sp³-hybridized carbons (Fsp3) is 0.263. The molecule has 0 saturated carbocycles. The van der Waals surface area contributed by atoms with Crippen LogP contribution in [0.5, 0.6) is 5.75 Å². The lowest BCUT2D eigenvalue weighted by Gasteiger charge is -2.11. The fourth-order valence-electron chi connectivity index (χ4n) is 2.22. The van der Waals surface area contributed by atoms with Crippen LogP contribution in [0.1, 0.15) is 17.2 Å². The molecule has 0 unspecified atom stereocenters. The van der Waals surface area contributed by atoms with Crippen molar-refractivity contribution in [3.05, 3.63) is 65.7 Å². The molecule has 2 aromatic carbocycles. The number of esters is 1. The van der Waals surface area contributed by atoms with Crippen molar-refractivity contribution in [2.45, 2.75) is 19.1 Å². The number of carbonyl (C=O) groups excluding carboxylic acids is 2. The summed E-state index contributed by atoms with van der Waals surface area (Å²) in [4.78, 5) is 23.4. The molecule has 2 N–H and O–H groups in total. The van der Waals surface area contributed by atoms with Gasteiger partial charge in [-0.05, 0) is 29.7 Å². The number of halogens is 2. The molecule has 0 spiro atoms. The number of rotatable bonds is 9. The maximum atomic E-state index is 12.1. The zero-order valence-electron chi connectivity index (χ0n) is 14.3. The Labute approximate surface area is 154 Å². The van der Waals surface area contributed by atoms with Crippen molar-refractivity contribution in [3.8, 4) is 5.75 Å². The van der Waals surface area contributed by atoms with Crippen molar-refractivity contribution in [3.63, 3.8) is 0 Å². The number of ether oxygens (including phenoxy) is 2. The van der Waals surface area contributed by atoms with E-state index in [1.54, 1.807) is 42.5 Å². The Morgan fingerprint density at radius 3 is 2.33 bits per heavy atom. The van der Waals surface area contributed by atoms with E-state index in [1.165, 1.54) is 12.1 Å². The van der Waals surface area contributed by atoms with Crippen LogP contribution in [0.2, 0.25) is 0 Å². The first-order valence-electron chi connectivity index (χ1n) is 8.16. The number of nitrogens with one attached hydrogen (secondary N) is 1. The molecule has 2 aromatic rings. The third-order valence-electron chi connectivity index (χ3n) is 3.57. The molecular formula is C19H19F2NO5. The summed E-state index contributed by atoms with van der Waals surface area (Å²) in [5, 5.41) is 12.4. The molecule has 8 heteroatoms. The largest absolute Gasteiger partial charge is 0.453 e. The van der Waals surface area contributed by atoms with Crippen molar-refractivity contribution in [1.29, 1.82) is 0 Å². The summed E-state index contributed by atoms with van der Waals surface area (Å²) in [5.74, 6) is -1.37. The van der Waals surface area contributed by atoms with Crippen LogP contribution < -0.4 is 10.1 Å². The SMILES string of the molecule is O=C(COC(=O)[C@H](O)c1ccccc1)NCCc1ccc(OC(F)F)cc1. The lowest BCUT2D eigenvalue weighted by atomic mass is 10.1. The summed E-state index contributed by atoms with van der Waals surface area (Å²) in [6, 6.07) is 14.3. The number of hydrogen-bond acceptors (Lipinski definition) is 5. The molecule has 0 aliphatic rings. The molecule has 0 heterocycles. The van der Waals surface area contributed by atoms with Gasteiger partial charge in [-0.3, -0.25) is 4.79 Å². The minimum absolute atomic E-state index is 0.0571. The second-order valence-electron chi connectivity index (χ2n) is 5.54. The Morgan fingerprint density at radius 2 is 1.70 bits per heavy atom. The van der Waals surface area contributed by atoms with E-state index in [2.05, 4.69) is 10.1 Å². The first kappa shape index (κ1) is 20.3. The number of hydrogen-bond donors (Lipinski definition) is 2. The number of aliphatic hydroxyl groups excluding tert-OH is 1. The van der Waals surface area contributed by atoms with E-state index in [9.17, 15) is 23.5 Å². The predicted octanol–water partition coefficient (Wildman–Crippen LogP) is 2.22. The molecule has 1 atom stereocenters. The van der Waals surface area contributed by atoms with Gasteiger partial charge in [-0.25, -0.2) is 4.79 Å². The van der Waals surface area contributed by atoms with Gasteiger partial charge in [0.1, 0.15) is 5.75 Å². The van der Waals surface area contributed by atoms with E-state index in [4.69, 9.17) is 4.74 Å². The van der Waals surface area contributed by atoms with Gasteiger partial charge < -0.3 is 19.9 Å². The summed E-state index contributed by atoms with van der Waals surface area (Å²) in [6.07, 6.45) is -0.991. The van der Waals surface area contributed by atoms with Crippen LogP contribution in [-0.4, -0.2) is 36.7 Å². The van der Waals surface area contributed by atoms with E-state index in [0.29, 0.717) is 12.0 Å². The number of benzene rings is 2. The maximum Gasteiger partial charge on any atom is 0.387 e. The smallest absolute Gasteiger partial charge is 0.387 e. The highest BCUT2D eigenvalue weighted by Crippen LogP contribution is 2.15. The average molecular weight is 379 g/mol. The number of carbonyl (C=O) groups is 2. The number of alkyl halides is 2. The van der Waals surface area contributed by atoms with Crippen LogP contribution in [-0.2, 0) is 20.7 Å². The quantitative estimate of drug-likeness (QED) is 0.653. The second kappa shape index (κ2) is 10.2. The molecule has 6 nitrogen and oxygen atoms in total. The molecule has 0 saturated heterocycles. The molecule has 0 radical (unpaired) electrons. The molecule has 0 aliphatic heterocycles. The van der Waals surface area contributed by atoms with Gasteiger partial charge in [0.05, 0.1) is 0 Å². The minimum Gasteiger partial charge on any atom is -0.453 e. The Bertz CT molecular complexity index is 738. The highest BCUT2D eigenvalue weighted by molar-refractivity contribution is 5.82. The standard InChI is InChI=1S/C19H19F2NO5/c20-19(21)27-15-8-6-13(7-9-15)10-11-22-16(23)12-26-18(25)17(24)14-4-2-1-3-5-14/h1-9,17,19,24H,10-12H2,(H,22,23)/t17-/m1/s1. The predicted molar refractivity (Wildman–Crippen MR) is 92.1 cm³/mol. The summed E-state index contributed by atoms with van der Waals surface area (Å²) in [7, 11) is 0. The van der Waals surface area contributed by atoms with Gasteiger partial charge in [-0.1, -0.05) is 42.5 Å². The summed E-state index contributed by atoms with van der Waals surface area (Å²) >= 11 is 0. The van der Waals surface area contributed by atoms with Crippen LogP contribution in [0.15, 0.2) is 54.6 Å². The Balaban J connectivity index is 1.68. The van der Waals surface area contributed by atoms with Gasteiger partial charge in [-0.15, -0.1) is 0 Å². The van der Waals surface area contributed by atoms with E-state index >= 15 is 0 Å². The molecule has 0 bridgehead atoms. The zero-order chi connectivity index (χ0) is 19.6. The first-order valence-corrected chi connectivity index (χ1v) is 8.16. The van der Waals surface area contributed by atoms with E-state index in [-0.39, 0.29) is 12.3 Å². The van der Waals surface area contributed by atoms with E-state index in [0.717, 1.165) is 5.56 Å². The van der Waals surface area contributed by atoms with Crippen molar-refractivity contribution < 1.29 is 33.0 Å². The van der Waals surface area contributed by atoms with Crippen molar-refractivity contribution in [2.75, 3.05) is 13.2 Å². The molecule has 0 aliphatic carbocycles. The lowest BCUT2D eigenvalue weighted by Crippen LogP contribution is -2.31. The van der Waals surface area contributed by atoms with Crippen molar-refractivity contribution in [1.82, 2.24) is 5.32 Å². The van der Waals surface area contributed by atoms with Gasteiger partial charge >= 0.3 is 12.6 Å². The Morgan fingerprint density at radius 1 is 1.04 bits per heavy atom. The molecule has 144 valence electrons. The topological polar surface area (TPSA) is 84.9 Å². The lowest BCUT2D eigenvalue weighted by molar-refractivity contribution is -0.157. The molecular weight excluding hydrogens is 360 g/mol. The fourth-order valence-corrected chi connectivity index (χ4v) is 2.22. The van der Waals surface area contributed by atoms with Crippen molar-refractivity contribution >= 4 is 11.9 Å². The van der Waals surface area contributed by atoms with E-state index < -0.39 is 31.2 Å². The van der Waals surface area contributed by atoms with E-state index in [1.807, 2.05) is 0 Å². The van der Waals surface area contributed by atoms with Crippen LogP contribution in [0.25, 0.3) is 0 Å². The highest BCUT2D eigenvalue weighted by atomic mass is 19.3. The average Bonchev–Trinajstić information content (AvgIpc) is 2.67.